The molecular formula is C12H22. The molecule has 12 heavy (non-hydrogen) atoms. The highest BCUT2D eigenvalue weighted by Gasteiger charge is 2.41. The third-order valence-electron chi connectivity index (χ3n) is 4.39. The van der Waals surface area contributed by atoms with Crippen LogP contribution in [-0.4, -0.2) is 0 Å². The lowest BCUT2D eigenvalue weighted by Gasteiger charge is -2.47. The highest BCUT2D eigenvalue weighted by Crippen LogP contribution is 2.52. The minimum atomic E-state index is 0.384. The van der Waals surface area contributed by atoms with Gasteiger partial charge in [-0.15, -0.1) is 0 Å². The van der Waals surface area contributed by atoms with E-state index >= 15 is 0 Å². The molecule has 0 aromatic heterocycles. The van der Waals surface area contributed by atoms with Crippen LogP contribution in [-0.2, 0) is 0 Å². The number of hydrogen-bond donors (Lipinski definition) is 0. The molecule has 1 aliphatic carbocycles. The van der Waals surface area contributed by atoms with Crippen LogP contribution in [0, 0.1) is 10.8 Å². The van der Waals surface area contributed by atoms with Crippen LogP contribution in [0.5, 0.6) is 0 Å². The number of rotatable bonds is 0. The maximum Gasteiger partial charge on any atom is -0.00936 e. The standard InChI is InChI=1S/C12H22/c1-9-7-8-11(3,4)12(5,6)10(9)2/h7-8H2,1-6H3. The Bertz CT molecular complexity index is 216. The topological polar surface area (TPSA) is 0 Å². The fraction of sp³-hybridized carbons (Fsp3) is 0.833. The third kappa shape index (κ3) is 1.22. The van der Waals surface area contributed by atoms with Gasteiger partial charge in [-0.05, 0) is 37.5 Å². The molecule has 0 bridgehead atoms. The van der Waals surface area contributed by atoms with Crippen LogP contribution in [0.2, 0.25) is 0 Å². The van der Waals surface area contributed by atoms with Crippen molar-refractivity contribution >= 4 is 0 Å². The summed E-state index contributed by atoms with van der Waals surface area (Å²) < 4.78 is 0. The Labute approximate surface area is 77.1 Å². The molecule has 0 amide bonds. The second-order valence-corrected chi connectivity index (χ2v) is 5.41. The molecule has 1 rings (SSSR count). The van der Waals surface area contributed by atoms with E-state index in [-0.39, 0.29) is 0 Å². The van der Waals surface area contributed by atoms with Crippen molar-refractivity contribution in [2.75, 3.05) is 0 Å². The first-order chi connectivity index (χ1) is 5.29. The van der Waals surface area contributed by atoms with Crippen molar-refractivity contribution in [3.8, 4) is 0 Å². The molecule has 0 heterocycles. The Kier molecular flexibility index (Phi) is 2.14. The van der Waals surface area contributed by atoms with E-state index in [0.29, 0.717) is 10.8 Å². The predicted molar refractivity (Wildman–Crippen MR) is 55.2 cm³/mol. The summed E-state index contributed by atoms with van der Waals surface area (Å²) in [6, 6.07) is 0. The molecule has 0 aromatic rings. The van der Waals surface area contributed by atoms with Crippen LogP contribution in [0.15, 0.2) is 11.1 Å². The van der Waals surface area contributed by atoms with E-state index in [4.69, 9.17) is 0 Å². The Morgan fingerprint density at radius 3 is 1.92 bits per heavy atom. The number of hydrogen-bond acceptors (Lipinski definition) is 0. The second-order valence-electron chi connectivity index (χ2n) is 5.41. The van der Waals surface area contributed by atoms with Crippen LogP contribution in [0.4, 0.5) is 0 Å². The Morgan fingerprint density at radius 2 is 1.50 bits per heavy atom. The van der Waals surface area contributed by atoms with Crippen molar-refractivity contribution < 1.29 is 0 Å². The van der Waals surface area contributed by atoms with Gasteiger partial charge in [-0.25, -0.2) is 0 Å². The Balaban J connectivity index is 3.12. The normalized spacial score (nSPS) is 27.5. The van der Waals surface area contributed by atoms with E-state index in [1.54, 1.807) is 11.1 Å². The molecule has 0 spiro atoms. The minimum absolute atomic E-state index is 0.384. The van der Waals surface area contributed by atoms with E-state index in [9.17, 15) is 0 Å². The quantitative estimate of drug-likeness (QED) is 0.474. The van der Waals surface area contributed by atoms with E-state index in [1.807, 2.05) is 0 Å². The van der Waals surface area contributed by atoms with Gasteiger partial charge < -0.3 is 0 Å². The first-order valence-corrected chi connectivity index (χ1v) is 4.96. The molecule has 0 radical (unpaired) electrons. The summed E-state index contributed by atoms with van der Waals surface area (Å²) in [5.41, 5.74) is 4.07. The first kappa shape index (κ1) is 9.83. The van der Waals surface area contributed by atoms with Gasteiger partial charge in [-0.1, -0.05) is 38.8 Å². The largest absolute Gasteiger partial charge is 0.0738 e. The van der Waals surface area contributed by atoms with Gasteiger partial charge in [-0.2, -0.15) is 0 Å². The second kappa shape index (κ2) is 2.61. The molecule has 0 atom stereocenters. The lowest BCUT2D eigenvalue weighted by Crippen LogP contribution is -2.36. The molecule has 0 saturated carbocycles. The van der Waals surface area contributed by atoms with Crippen molar-refractivity contribution in [1.29, 1.82) is 0 Å². The van der Waals surface area contributed by atoms with Crippen LogP contribution >= 0.6 is 0 Å². The third-order valence-corrected chi connectivity index (χ3v) is 4.39. The molecule has 0 aromatic carbocycles. The predicted octanol–water partition coefficient (Wildman–Crippen LogP) is 4.17. The minimum Gasteiger partial charge on any atom is -0.0738 e. The van der Waals surface area contributed by atoms with Crippen molar-refractivity contribution in [2.24, 2.45) is 10.8 Å². The van der Waals surface area contributed by atoms with Crippen LogP contribution in [0.25, 0.3) is 0 Å². The van der Waals surface area contributed by atoms with Crippen molar-refractivity contribution in [3.63, 3.8) is 0 Å². The van der Waals surface area contributed by atoms with E-state index in [1.165, 1.54) is 12.8 Å². The van der Waals surface area contributed by atoms with Gasteiger partial charge in [0.25, 0.3) is 0 Å². The molecule has 0 N–H and O–H groups in total. The van der Waals surface area contributed by atoms with E-state index in [2.05, 4.69) is 41.5 Å². The van der Waals surface area contributed by atoms with Crippen molar-refractivity contribution in [3.05, 3.63) is 11.1 Å². The zero-order valence-electron chi connectivity index (χ0n) is 9.41. The smallest absolute Gasteiger partial charge is 0.00936 e. The molecule has 0 saturated heterocycles. The molecule has 0 nitrogen and oxygen atoms in total. The fourth-order valence-electron chi connectivity index (χ4n) is 2.04. The zero-order valence-corrected chi connectivity index (χ0v) is 9.41. The Hall–Kier alpha value is -0.260. The molecule has 70 valence electrons. The summed E-state index contributed by atoms with van der Waals surface area (Å²) in [6.07, 6.45) is 2.63. The first-order valence-electron chi connectivity index (χ1n) is 4.96. The lowest BCUT2D eigenvalue weighted by molar-refractivity contribution is 0.123. The van der Waals surface area contributed by atoms with Gasteiger partial charge in [0.2, 0.25) is 0 Å². The van der Waals surface area contributed by atoms with Gasteiger partial charge in [-0.3, -0.25) is 0 Å². The molecule has 0 aliphatic heterocycles. The fourth-order valence-corrected chi connectivity index (χ4v) is 2.04. The zero-order chi connectivity index (χ0) is 9.57. The summed E-state index contributed by atoms with van der Waals surface area (Å²) in [5.74, 6) is 0. The molecule has 0 fully saturated rings. The summed E-state index contributed by atoms with van der Waals surface area (Å²) in [6.45, 7) is 14.1. The van der Waals surface area contributed by atoms with Gasteiger partial charge in [0.15, 0.2) is 0 Å². The van der Waals surface area contributed by atoms with E-state index in [0.717, 1.165) is 0 Å². The molecule has 0 unspecified atom stereocenters. The highest BCUT2D eigenvalue weighted by atomic mass is 14.5. The molecule has 1 aliphatic rings. The number of allylic oxidation sites excluding steroid dienone is 2. The lowest BCUT2D eigenvalue weighted by atomic mass is 9.58. The summed E-state index contributed by atoms with van der Waals surface area (Å²) in [4.78, 5) is 0. The van der Waals surface area contributed by atoms with Gasteiger partial charge in [0.05, 0.1) is 0 Å². The van der Waals surface area contributed by atoms with Crippen LogP contribution in [0.1, 0.15) is 54.4 Å². The maximum atomic E-state index is 2.39. The molecule has 0 heteroatoms. The Morgan fingerprint density at radius 1 is 1.00 bits per heavy atom. The van der Waals surface area contributed by atoms with Crippen molar-refractivity contribution in [1.82, 2.24) is 0 Å². The average Bonchev–Trinajstić information content (AvgIpc) is 1.96. The SMILES string of the molecule is CC1=C(C)C(C)(C)C(C)(C)CC1. The summed E-state index contributed by atoms with van der Waals surface area (Å²) in [7, 11) is 0. The average molecular weight is 166 g/mol. The monoisotopic (exact) mass is 166 g/mol. The van der Waals surface area contributed by atoms with E-state index < -0.39 is 0 Å². The van der Waals surface area contributed by atoms with Crippen LogP contribution in [0.3, 0.4) is 0 Å². The summed E-state index contributed by atoms with van der Waals surface area (Å²) in [5, 5.41) is 0. The summed E-state index contributed by atoms with van der Waals surface area (Å²) >= 11 is 0. The highest BCUT2D eigenvalue weighted by molar-refractivity contribution is 5.23. The van der Waals surface area contributed by atoms with Gasteiger partial charge >= 0.3 is 0 Å². The molecular weight excluding hydrogens is 144 g/mol. The van der Waals surface area contributed by atoms with Crippen LogP contribution < -0.4 is 0 Å². The van der Waals surface area contributed by atoms with Gasteiger partial charge in [0.1, 0.15) is 0 Å². The van der Waals surface area contributed by atoms with Crippen molar-refractivity contribution in [2.45, 2.75) is 54.4 Å². The maximum absolute atomic E-state index is 2.39. The van der Waals surface area contributed by atoms with Gasteiger partial charge in [0, 0.05) is 0 Å².